The molecule has 0 fully saturated rings. The molecule has 0 aromatic carbocycles. The molecule has 3 nitrogen and oxygen atoms in total. The van der Waals surface area contributed by atoms with E-state index in [1.54, 1.807) is 0 Å². The van der Waals surface area contributed by atoms with Crippen molar-refractivity contribution in [2.75, 3.05) is 13.1 Å². The molecule has 18 heteroatoms. The van der Waals surface area contributed by atoms with Gasteiger partial charge < -0.3 is 11.1 Å². The minimum absolute atomic E-state index is 0.394. The molecule has 0 aromatic rings. The molecule has 0 unspecified atom stereocenters. The van der Waals surface area contributed by atoms with E-state index in [0.29, 0.717) is 0 Å². The summed E-state index contributed by atoms with van der Waals surface area (Å²) >= 11 is 0. The Kier molecular flexibility index (Phi) is 7.15. The van der Waals surface area contributed by atoms with Gasteiger partial charge in [-0.1, -0.05) is 0 Å². The van der Waals surface area contributed by atoms with Crippen LogP contribution >= 0.6 is 0 Å². The van der Waals surface area contributed by atoms with Gasteiger partial charge in [-0.25, -0.2) is 0 Å². The first-order valence-electron chi connectivity index (χ1n) is 6.80. The lowest BCUT2D eigenvalue weighted by molar-refractivity contribution is -0.449. The number of hydrogen-bond acceptors (Lipinski definition) is 2. The molecule has 174 valence electrons. The van der Waals surface area contributed by atoms with Crippen molar-refractivity contribution in [3.8, 4) is 0 Å². The van der Waals surface area contributed by atoms with Crippen LogP contribution in [0.3, 0.4) is 0 Å². The van der Waals surface area contributed by atoms with Gasteiger partial charge in [0, 0.05) is 6.54 Å². The van der Waals surface area contributed by atoms with Crippen molar-refractivity contribution in [3.63, 3.8) is 0 Å². The fraction of sp³-hybridized carbons (Fsp3) is 0.909. The van der Waals surface area contributed by atoms with Gasteiger partial charge in [0.15, 0.2) is 0 Å². The fourth-order valence-corrected chi connectivity index (χ4v) is 1.52. The highest BCUT2D eigenvalue weighted by molar-refractivity contribution is 5.84. The largest absolute Gasteiger partial charge is 0.460 e. The topological polar surface area (TPSA) is 55.1 Å². The smallest absolute Gasteiger partial charge is 0.351 e. The summed E-state index contributed by atoms with van der Waals surface area (Å²) in [6.45, 7) is -1.42. The van der Waals surface area contributed by atoms with Crippen molar-refractivity contribution in [1.29, 1.82) is 0 Å². The molecular formula is C11H9F15N2O. The van der Waals surface area contributed by atoms with Crippen LogP contribution in [0.5, 0.6) is 0 Å². The summed E-state index contributed by atoms with van der Waals surface area (Å²) in [5.41, 5.74) is 4.81. The number of carbonyl (C=O) groups is 1. The number of alkyl halides is 15. The number of rotatable bonds is 9. The molecular weight excluding hydrogens is 461 g/mol. The highest BCUT2D eigenvalue weighted by Crippen LogP contribution is 2.62. The second kappa shape index (κ2) is 7.57. The summed E-state index contributed by atoms with van der Waals surface area (Å²) in [5, 5.41) is 0.804. The second-order valence-corrected chi connectivity index (χ2v) is 5.34. The van der Waals surface area contributed by atoms with Crippen molar-refractivity contribution in [2.24, 2.45) is 5.73 Å². The van der Waals surface area contributed by atoms with Crippen LogP contribution < -0.4 is 11.1 Å². The van der Waals surface area contributed by atoms with Gasteiger partial charge in [-0.05, 0) is 13.0 Å². The highest BCUT2D eigenvalue weighted by atomic mass is 19.4. The molecule has 0 spiro atoms. The summed E-state index contributed by atoms with van der Waals surface area (Å²) in [6, 6.07) is 0. The van der Waals surface area contributed by atoms with Crippen molar-refractivity contribution in [2.45, 2.75) is 48.1 Å². The standard InChI is InChI=1S/C11H9F15N2O/c12-5(13,4(29)28-3-1-2-27)6(14,15)7(16,17)8(18,19)9(20,21)10(22,23)11(24,25)26/h1-3,27H2,(H,28,29). The Morgan fingerprint density at radius 1 is 0.621 bits per heavy atom. The van der Waals surface area contributed by atoms with Crippen LogP contribution in [0.4, 0.5) is 65.9 Å². The normalized spacial score (nSPS) is 15.4. The Hall–Kier alpha value is -1.62. The number of hydrogen-bond donors (Lipinski definition) is 2. The summed E-state index contributed by atoms with van der Waals surface area (Å²) in [4.78, 5) is 10.9. The molecule has 0 heterocycles. The van der Waals surface area contributed by atoms with Gasteiger partial charge >= 0.3 is 41.7 Å². The van der Waals surface area contributed by atoms with Crippen molar-refractivity contribution in [1.82, 2.24) is 5.32 Å². The molecule has 29 heavy (non-hydrogen) atoms. The second-order valence-electron chi connectivity index (χ2n) is 5.34. The van der Waals surface area contributed by atoms with E-state index in [-0.39, 0.29) is 0 Å². The van der Waals surface area contributed by atoms with E-state index in [2.05, 4.69) is 0 Å². The molecule has 0 radical (unpaired) electrons. The van der Waals surface area contributed by atoms with Crippen LogP contribution in [-0.4, -0.2) is 60.7 Å². The molecule has 1 amide bonds. The van der Waals surface area contributed by atoms with Crippen LogP contribution in [0, 0.1) is 0 Å². The van der Waals surface area contributed by atoms with E-state index in [1.165, 1.54) is 0 Å². The minimum Gasteiger partial charge on any atom is -0.351 e. The lowest BCUT2D eigenvalue weighted by atomic mass is 9.91. The summed E-state index contributed by atoms with van der Waals surface area (Å²) < 4.78 is 193. The first-order chi connectivity index (χ1) is 12.5. The summed E-state index contributed by atoms with van der Waals surface area (Å²) in [5.74, 6) is -51.3. The maximum absolute atomic E-state index is 13.3. The molecule has 0 aliphatic rings. The van der Waals surface area contributed by atoms with Gasteiger partial charge in [-0.3, -0.25) is 4.79 Å². The lowest BCUT2D eigenvalue weighted by Crippen LogP contribution is -2.74. The molecule has 0 saturated heterocycles. The van der Waals surface area contributed by atoms with Gasteiger partial charge in [0.25, 0.3) is 5.91 Å². The predicted molar refractivity (Wildman–Crippen MR) is 62.4 cm³/mol. The minimum atomic E-state index is -8.41. The quantitative estimate of drug-likeness (QED) is 0.398. The fourth-order valence-electron chi connectivity index (χ4n) is 1.52. The number of carbonyl (C=O) groups excluding carboxylic acids is 1. The van der Waals surface area contributed by atoms with E-state index < -0.39 is 67.1 Å². The van der Waals surface area contributed by atoms with E-state index >= 15 is 0 Å². The molecule has 0 atom stereocenters. The van der Waals surface area contributed by atoms with Crippen LogP contribution in [0.1, 0.15) is 6.42 Å². The molecule has 0 aliphatic carbocycles. The van der Waals surface area contributed by atoms with E-state index in [9.17, 15) is 70.7 Å². The molecule has 3 N–H and O–H groups in total. The van der Waals surface area contributed by atoms with Crippen molar-refractivity contribution < 1.29 is 70.7 Å². The molecule has 0 aromatic heterocycles. The first-order valence-corrected chi connectivity index (χ1v) is 6.80. The number of nitrogens with two attached hydrogens (primary N) is 1. The third-order valence-corrected chi connectivity index (χ3v) is 3.28. The van der Waals surface area contributed by atoms with Crippen molar-refractivity contribution in [3.05, 3.63) is 0 Å². The molecule has 0 aliphatic heterocycles. The third-order valence-electron chi connectivity index (χ3n) is 3.28. The predicted octanol–water partition coefficient (Wildman–Crippen LogP) is 3.83. The molecule has 0 bridgehead atoms. The van der Waals surface area contributed by atoms with Gasteiger partial charge in [0.1, 0.15) is 0 Å². The highest BCUT2D eigenvalue weighted by Gasteiger charge is 2.94. The Morgan fingerprint density at radius 2 is 0.966 bits per heavy atom. The number of amides is 1. The Morgan fingerprint density at radius 3 is 1.31 bits per heavy atom. The third kappa shape index (κ3) is 3.90. The maximum atomic E-state index is 13.3. The SMILES string of the molecule is NCCCNC(=O)C(F)(F)C(F)(F)C(F)(F)C(F)(F)C(F)(F)C(F)(F)C(F)(F)F. The van der Waals surface area contributed by atoms with E-state index in [1.807, 2.05) is 0 Å². The summed E-state index contributed by atoms with van der Waals surface area (Å²) in [7, 11) is 0. The van der Waals surface area contributed by atoms with Crippen molar-refractivity contribution >= 4 is 5.91 Å². The lowest BCUT2D eigenvalue weighted by Gasteiger charge is -2.41. The number of halogens is 15. The zero-order chi connectivity index (χ0) is 23.9. The van der Waals surface area contributed by atoms with Gasteiger partial charge in [-0.2, -0.15) is 65.9 Å². The average molecular weight is 470 g/mol. The maximum Gasteiger partial charge on any atom is 0.460 e. The van der Waals surface area contributed by atoms with Crippen LogP contribution in [0.15, 0.2) is 0 Å². The van der Waals surface area contributed by atoms with Gasteiger partial charge in [0.2, 0.25) is 0 Å². The van der Waals surface area contributed by atoms with E-state index in [4.69, 9.17) is 5.73 Å². The van der Waals surface area contributed by atoms with E-state index in [0.717, 1.165) is 5.32 Å². The number of nitrogens with one attached hydrogen (secondary N) is 1. The van der Waals surface area contributed by atoms with Crippen LogP contribution in [0.2, 0.25) is 0 Å². The van der Waals surface area contributed by atoms with Gasteiger partial charge in [0.05, 0.1) is 0 Å². The Bertz CT molecular complexity index is 598. The monoisotopic (exact) mass is 470 g/mol. The van der Waals surface area contributed by atoms with Crippen LogP contribution in [-0.2, 0) is 4.79 Å². The summed E-state index contributed by atoms with van der Waals surface area (Å²) in [6.07, 6.45) is -8.12. The Labute approximate surface area is 150 Å². The zero-order valence-electron chi connectivity index (χ0n) is 13.3. The zero-order valence-corrected chi connectivity index (χ0v) is 13.3. The Balaban J connectivity index is 6.32. The average Bonchev–Trinajstić information content (AvgIpc) is 2.52. The van der Waals surface area contributed by atoms with Gasteiger partial charge in [-0.15, -0.1) is 0 Å². The first kappa shape index (κ1) is 27.4. The van der Waals surface area contributed by atoms with Crippen LogP contribution in [0.25, 0.3) is 0 Å². The molecule has 0 rings (SSSR count). The molecule has 0 saturated carbocycles.